The zero-order valence-electron chi connectivity index (χ0n) is 12.3. The maximum Gasteiger partial charge on any atom is 0.337 e. The minimum absolute atomic E-state index is 0.285. The lowest BCUT2D eigenvalue weighted by Gasteiger charge is -2.13. The third-order valence-corrected chi connectivity index (χ3v) is 4.06. The Bertz CT molecular complexity index is 664. The van der Waals surface area contributed by atoms with Crippen LogP contribution in [0, 0.1) is 0 Å². The predicted molar refractivity (Wildman–Crippen MR) is 80.2 cm³/mol. The molecule has 3 nitrogen and oxygen atoms in total. The quantitative estimate of drug-likeness (QED) is 0.640. The third-order valence-electron chi connectivity index (χ3n) is 4.06. The molecule has 1 aliphatic carbocycles. The minimum Gasteiger partial charge on any atom is -0.465 e. The summed E-state index contributed by atoms with van der Waals surface area (Å²) in [4.78, 5) is 11.6. The lowest BCUT2D eigenvalue weighted by atomic mass is 9.93. The van der Waals surface area contributed by atoms with Crippen LogP contribution in [0.25, 0.3) is 0 Å². The van der Waals surface area contributed by atoms with Crippen molar-refractivity contribution in [2.45, 2.75) is 32.2 Å². The zero-order chi connectivity index (χ0) is 14.7. The number of hydrogen-bond acceptors (Lipinski definition) is 2. The van der Waals surface area contributed by atoms with Gasteiger partial charge in [0.25, 0.3) is 0 Å². The maximum atomic E-state index is 11.6. The Hall–Kier alpha value is -2.16. The number of benzene rings is 1. The summed E-state index contributed by atoms with van der Waals surface area (Å²) >= 11 is 0. The summed E-state index contributed by atoms with van der Waals surface area (Å²) < 4.78 is 6.97. The number of hydrogen-bond donors (Lipinski definition) is 0. The molecule has 0 bridgehead atoms. The second-order valence-corrected chi connectivity index (χ2v) is 5.57. The van der Waals surface area contributed by atoms with Gasteiger partial charge >= 0.3 is 5.97 Å². The molecule has 0 fully saturated rings. The molecular formula is C18H20NO2+. The van der Waals surface area contributed by atoms with Crippen LogP contribution in [0.3, 0.4) is 0 Å². The van der Waals surface area contributed by atoms with Gasteiger partial charge in [-0.2, -0.15) is 0 Å². The fourth-order valence-electron chi connectivity index (χ4n) is 2.94. The van der Waals surface area contributed by atoms with Gasteiger partial charge < -0.3 is 4.74 Å². The molecule has 0 N–H and O–H groups in total. The molecule has 1 aromatic heterocycles. The van der Waals surface area contributed by atoms with E-state index in [1.54, 1.807) is 6.07 Å². The van der Waals surface area contributed by atoms with Gasteiger partial charge in [0.2, 0.25) is 0 Å². The van der Waals surface area contributed by atoms with Gasteiger partial charge in [0.05, 0.1) is 12.7 Å². The largest absolute Gasteiger partial charge is 0.465 e. The summed E-state index contributed by atoms with van der Waals surface area (Å²) in [5, 5.41) is 0. The molecule has 0 aliphatic heterocycles. The topological polar surface area (TPSA) is 30.2 Å². The van der Waals surface area contributed by atoms with Gasteiger partial charge in [-0.05, 0) is 43.4 Å². The van der Waals surface area contributed by atoms with Crippen LogP contribution < -0.4 is 4.57 Å². The van der Waals surface area contributed by atoms with E-state index >= 15 is 0 Å². The molecule has 3 rings (SSSR count). The Kier molecular flexibility index (Phi) is 4.00. The molecule has 0 saturated heterocycles. The van der Waals surface area contributed by atoms with E-state index in [9.17, 15) is 4.79 Å². The number of aryl methyl sites for hydroxylation is 2. The van der Waals surface area contributed by atoms with Gasteiger partial charge in [-0.25, -0.2) is 9.36 Å². The molecule has 1 aliphatic rings. The molecule has 0 unspecified atom stereocenters. The first-order valence-electron chi connectivity index (χ1n) is 7.44. The number of esters is 1. The molecule has 1 heterocycles. The summed E-state index contributed by atoms with van der Waals surface area (Å²) in [6, 6.07) is 9.86. The van der Waals surface area contributed by atoms with Crippen molar-refractivity contribution in [1.29, 1.82) is 0 Å². The number of rotatable bonds is 3. The molecule has 21 heavy (non-hydrogen) atoms. The highest BCUT2D eigenvalue weighted by atomic mass is 16.5. The van der Waals surface area contributed by atoms with Crippen molar-refractivity contribution >= 4 is 5.97 Å². The first kappa shape index (κ1) is 13.8. The van der Waals surface area contributed by atoms with Gasteiger partial charge in [-0.15, -0.1) is 0 Å². The Morgan fingerprint density at radius 2 is 2.00 bits per heavy atom. The van der Waals surface area contributed by atoms with Gasteiger partial charge in [-0.1, -0.05) is 12.1 Å². The minimum atomic E-state index is -0.285. The molecular weight excluding hydrogens is 262 g/mol. The number of pyridine rings is 1. The average Bonchev–Trinajstić information content (AvgIpc) is 2.54. The Labute approximate surface area is 125 Å². The predicted octanol–water partition coefficient (Wildman–Crippen LogP) is 2.69. The van der Waals surface area contributed by atoms with Gasteiger partial charge in [0.15, 0.2) is 18.9 Å². The van der Waals surface area contributed by atoms with Crippen LogP contribution in [0.4, 0.5) is 0 Å². The Morgan fingerprint density at radius 1 is 1.19 bits per heavy atom. The standard InChI is InChI=1S/C18H20NO2/c1-21-18(20)16-8-4-5-14(11-16)12-19-10-9-15-6-2-3-7-17(15)13-19/h4-5,8-11,13H,2-3,6-7,12H2,1H3/q+1. The molecule has 0 atom stereocenters. The first-order valence-corrected chi connectivity index (χ1v) is 7.44. The van der Waals surface area contributed by atoms with E-state index in [2.05, 4.69) is 23.0 Å². The highest BCUT2D eigenvalue weighted by Gasteiger charge is 2.14. The Balaban J connectivity index is 1.82. The van der Waals surface area contributed by atoms with Gasteiger partial charge in [0, 0.05) is 17.2 Å². The van der Waals surface area contributed by atoms with Gasteiger partial charge in [-0.3, -0.25) is 0 Å². The molecule has 0 radical (unpaired) electrons. The monoisotopic (exact) mass is 282 g/mol. The SMILES string of the molecule is COC(=O)c1cccc(C[n+]2ccc3c(c2)CCCC3)c1. The highest BCUT2D eigenvalue weighted by molar-refractivity contribution is 5.89. The molecule has 0 spiro atoms. The molecule has 3 heteroatoms. The van der Waals surface area contributed by atoms with Gasteiger partial charge in [0.1, 0.15) is 0 Å². The fourth-order valence-corrected chi connectivity index (χ4v) is 2.94. The van der Waals surface area contributed by atoms with E-state index in [0.717, 1.165) is 12.1 Å². The van der Waals surface area contributed by atoms with E-state index in [-0.39, 0.29) is 5.97 Å². The lowest BCUT2D eigenvalue weighted by Crippen LogP contribution is -2.34. The number of fused-ring (bicyclic) bond motifs is 1. The van der Waals surface area contributed by atoms with Crippen molar-refractivity contribution in [2.75, 3.05) is 7.11 Å². The number of carbonyl (C=O) groups is 1. The van der Waals surface area contributed by atoms with E-state index in [4.69, 9.17) is 4.74 Å². The summed E-state index contributed by atoms with van der Waals surface area (Å²) in [5.41, 5.74) is 4.67. The number of carbonyl (C=O) groups excluding carboxylic acids is 1. The van der Waals surface area contributed by atoms with Crippen molar-refractivity contribution in [3.8, 4) is 0 Å². The lowest BCUT2D eigenvalue weighted by molar-refractivity contribution is -0.688. The number of nitrogens with zero attached hydrogens (tertiary/aromatic N) is 1. The third kappa shape index (κ3) is 3.13. The van der Waals surface area contributed by atoms with Crippen molar-refractivity contribution in [1.82, 2.24) is 0 Å². The average molecular weight is 282 g/mol. The van der Waals surface area contributed by atoms with Crippen molar-refractivity contribution < 1.29 is 14.1 Å². The second kappa shape index (κ2) is 6.08. The van der Waals surface area contributed by atoms with Crippen LogP contribution in [-0.2, 0) is 24.1 Å². The molecule has 108 valence electrons. The van der Waals surface area contributed by atoms with Crippen molar-refractivity contribution in [2.24, 2.45) is 0 Å². The Morgan fingerprint density at radius 3 is 2.81 bits per heavy atom. The normalized spacial score (nSPS) is 13.6. The van der Waals surface area contributed by atoms with E-state index < -0.39 is 0 Å². The van der Waals surface area contributed by atoms with Crippen LogP contribution in [-0.4, -0.2) is 13.1 Å². The van der Waals surface area contributed by atoms with Crippen LogP contribution >= 0.6 is 0 Å². The van der Waals surface area contributed by atoms with Crippen LogP contribution in [0.2, 0.25) is 0 Å². The van der Waals surface area contributed by atoms with Crippen molar-refractivity contribution in [3.05, 3.63) is 65.0 Å². The van der Waals surface area contributed by atoms with Crippen LogP contribution in [0.1, 0.15) is 39.9 Å². The zero-order valence-corrected chi connectivity index (χ0v) is 12.3. The summed E-state index contributed by atoms with van der Waals surface area (Å²) in [5.74, 6) is -0.285. The van der Waals surface area contributed by atoms with Crippen LogP contribution in [0.5, 0.6) is 0 Å². The van der Waals surface area contributed by atoms with Crippen molar-refractivity contribution in [3.63, 3.8) is 0 Å². The first-order chi connectivity index (χ1) is 10.3. The smallest absolute Gasteiger partial charge is 0.337 e. The van der Waals surface area contributed by atoms with E-state index in [0.29, 0.717) is 5.56 Å². The summed E-state index contributed by atoms with van der Waals surface area (Å²) in [6.45, 7) is 0.776. The number of methoxy groups -OCH3 is 1. The maximum absolute atomic E-state index is 11.6. The number of ether oxygens (including phenoxy) is 1. The number of aromatic nitrogens is 1. The summed E-state index contributed by atoms with van der Waals surface area (Å²) in [6.07, 6.45) is 9.35. The molecule has 0 amide bonds. The summed E-state index contributed by atoms with van der Waals surface area (Å²) in [7, 11) is 1.41. The van der Waals surface area contributed by atoms with E-state index in [1.807, 2.05) is 18.2 Å². The molecule has 0 saturated carbocycles. The highest BCUT2D eigenvalue weighted by Crippen LogP contribution is 2.19. The molecule has 2 aromatic rings. The fraction of sp³-hybridized carbons (Fsp3) is 0.333. The molecule has 1 aromatic carbocycles. The second-order valence-electron chi connectivity index (χ2n) is 5.57. The van der Waals surface area contributed by atoms with Crippen LogP contribution in [0.15, 0.2) is 42.7 Å². The van der Waals surface area contributed by atoms with E-state index in [1.165, 1.54) is 43.9 Å².